The fraction of sp³-hybridized carbons (Fsp3) is 0.462. The molecule has 0 amide bonds. The number of hydrogen-bond donors (Lipinski definition) is 2. The smallest absolute Gasteiger partial charge is 0.140 e. The van der Waals surface area contributed by atoms with Crippen molar-refractivity contribution < 1.29 is 5.11 Å². The van der Waals surface area contributed by atoms with Gasteiger partial charge in [-0.2, -0.15) is 0 Å². The molecule has 17 heavy (non-hydrogen) atoms. The molecule has 1 heterocycles. The quantitative estimate of drug-likeness (QED) is 0.845. The van der Waals surface area contributed by atoms with Gasteiger partial charge in [-0.15, -0.1) is 0 Å². The molecule has 0 saturated heterocycles. The van der Waals surface area contributed by atoms with E-state index in [0.717, 1.165) is 24.0 Å². The predicted octanol–water partition coefficient (Wildman–Crippen LogP) is 1.75. The zero-order valence-corrected chi connectivity index (χ0v) is 10.3. The van der Waals surface area contributed by atoms with Gasteiger partial charge in [0.25, 0.3) is 0 Å². The molecular weight excluding hydrogens is 214 g/mol. The third kappa shape index (κ3) is 2.18. The second-order valence-corrected chi connectivity index (χ2v) is 4.37. The highest BCUT2D eigenvalue weighted by Gasteiger charge is 2.16. The van der Waals surface area contributed by atoms with Crippen LogP contribution >= 0.6 is 0 Å². The molecule has 92 valence electrons. The van der Waals surface area contributed by atoms with Crippen LogP contribution in [-0.4, -0.2) is 21.2 Å². The van der Waals surface area contributed by atoms with Gasteiger partial charge >= 0.3 is 0 Å². The summed E-state index contributed by atoms with van der Waals surface area (Å²) in [7, 11) is 0. The molecule has 1 atom stereocenters. The first-order valence-electron chi connectivity index (χ1n) is 6.02. The number of hydrogen-bond acceptors (Lipinski definition) is 3. The molecule has 3 N–H and O–H groups in total. The number of aliphatic hydroxyl groups is 1. The summed E-state index contributed by atoms with van der Waals surface area (Å²) in [6.07, 6.45) is 0.318. The molecule has 2 rings (SSSR count). The van der Waals surface area contributed by atoms with Gasteiger partial charge in [0.1, 0.15) is 11.9 Å². The summed E-state index contributed by atoms with van der Waals surface area (Å²) in [5.74, 6) is 0.676. The summed E-state index contributed by atoms with van der Waals surface area (Å²) in [6.45, 7) is 5.20. The number of nitrogens with two attached hydrogens (primary N) is 1. The molecule has 0 spiro atoms. The van der Waals surface area contributed by atoms with Crippen LogP contribution in [0, 0.1) is 6.92 Å². The molecule has 4 heteroatoms. The third-order valence-corrected chi connectivity index (χ3v) is 2.90. The lowest BCUT2D eigenvalue weighted by Crippen LogP contribution is -2.17. The SMILES string of the molecule is CCCn1c(C(O)CN)nc2cc(C)ccc21. The van der Waals surface area contributed by atoms with E-state index in [1.54, 1.807) is 0 Å². The summed E-state index contributed by atoms with van der Waals surface area (Å²) in [5.41, 5.74) is 8.69. The van der Waals surface area contributed by atoms with Crippen molar-refractivity contribution in [1.82, 2.24) is 9.55 Å². The molecule has 2 aromatic rings. The number of imidazole rings is 1. The maximum Gasteiger partial charge on any atom is 0.140 e. The molecule has 0 bridgehead atoms. The molecule has 0 radical (unpaired) electrons. The zero-order chi connectivity index (χ0) is 12.4. The van der Waals surface area contributed by atoms with E-state index >= 15 is 0 Å². The first-order chi connectivity index (χ1) is 8.17. The summed E-state index contributed by atoms with van der Waals surface area (Å²) >= 11 is 0. The van der Waals surface area contributed by atoms with Crippen LogP contribution < -0.4 is 5.73 Å². The van der Waals surface area contributed by atoms with Crippen molar-refractivity contribution in [2.24, 2.45) is 5.73 Å². The van der Waals surface area contributed by atoms with Gasteiger partial charge in [0.15, 0.2) is 0 Å². The molecule has 1 unspecified atom stereocenters. The number of aryl methyl sites for hydroxylation is 2. The fourth-order valence-electron chi connectivity index (χ4n) is 2.08. The molecule has 0 fully saturated rings. The number of aromatic nitrogens is 2. The van der Waals surface area contributed by atoms with Gasteiger partial charge in [0.2, 0.25) is 0 Å². The van der Waals surface area contributed by atoms with Gasteiger partial charge in [-0.05, 0) is 31.0 Å². The Kier molecular flexibility index (Phi) is 3.45. The lowest BCUT2D eigenvalue weighted by Gasteiger charge is -2.11. The van der Waals surface area contributed by atoms with E-state index in [0.29, 0.717) is 5.82 Å². The largest absolute Gasteiger partial charge is 0.384 e. The van der Waals surface area contributed by atoms with Gasteiger partial charge in [0, 0.05) is 13.1 Å². The summed E-state index contributed by atoms with van der Waals surface area (Å²) in [6, 6.07) is 6.16. The van der Waals surface area contributed by atoms with Gasteiger partial charge in [0.05, 0.1) is 11.0 Å². The minimum Gasteiger partial charge on any atom is -0.384 e. The van der Waals surface area contributed by atoms with E-state index in [2.05, 4.69) is 28.6 Å². The van der Waals surface area contributed by atoms with Crippen LogP contribution in [0.5, 0.6) is 0 Å². The Balaban J connectivity index is 2.61. The molecule has 0 aliphatic heterocycles. The van der Waals surface area contributed by atoms with Crippen LogP contribution in [0.2, 0.25) is 0 Å². The zero-order valence-electron chi connectivity index (χ0n) is 10.3. The van der Waals surface area contributed by atoms with Crippen molar-refractivity contribution >= 4 is 11.0 Å². The van der Waals surface area contributed by atoms with Crippen LogP contribution in [0.15, 0.2) is 18.2 Å². The molecular formula is C13H19N3O. The van der Waals surface area contributed by atoms with Crippen molar-refractivity contribution in [3.63, 3.8) is 0 Å². The van der Waals surface area contributed by atoms with Crippen molar-refractivity contribution in [2.75, 3.05) is 6.54 Å². The Hall–Kier alpha value is -1.39. The first kappa shape index (κ1) is 12.1. The van der Waals surface area contributed by atoms with E-state index in [1.165, 1.54) is 5.56 Å². The normalized spacial score (nSPS) is 13.2. The minimum absolute atomic E-state index is 0.200. The predicted molar refractivity (Wildman–Crippen MR) is 68.8 cm³/mol. The summed E-state index contributed by atoms with van der Waals surface area (Å²) < 4.78 is 2.06. The summed E-state index contributed by atoms with van der Waals surface area (Å²) in [5, 5.41) is 9.90. The van der Waals surface area contributed by atoms with Gasteiger partial charge in [-0.3, -0.25) is 0 Å². The fourth-order valence-corrected chi connectivity index (χ4v) is 2.08. The Morgan fingerprint density at radius 2 is 2.24 bits per heavy atom. The second-order valence-electron chi connectivity index (χ2n) is 4.37. The Labute approximate surface area is 101 Å². The van der Waals surface area contributed by atoms with Crippen molar-refractivity contribution in [3.8, 4) is 0 Å². The first-order valence-corrected chi connectivity index (χ1v) is 6.02. The van der Waals surface area contributed by atoms with E-state index in [1.807, 2.05) is 13.0 Å². The van der Waals surface area contributed by atoms with Gasteiger partial charge < -0.3 is 15.4 Å². The van der Waals surface area contributed by atoms with Gasteiger partial charge in [-0.25, -0.2) is 4.98 Å². The van der Waals surface area contributed by atoms with E-state index < -0.39 is 6.10 Å². The van der Waals surface area contributed by atoms with E-state index in [4.69, 9.17) is 5.73 Å². The topological polar surface area (TPSA) is 64.1 Å². The Bertz CT molecular complexity index is 519. The van der Waals surface area contributed by atoms with Crippen LogP contribution in [-0.2, 0) is 6.54 Å². The highest BCUT2D eigenvalue weighted by Crippen LogP contribution is 2.22. The average molecular weight is 233 g/mol. The highest BCUT2D eigenvalue weighted by molar-refractivity contribution is 5.77. The molecule has 1 aromatic heterocycles. The summed E-state index contributed by atoms with van der Waals surface area (Å²) in [4.78, 5) is 4.50. The highest BCUT2D eigenvalue weighted by atomic mass is 16.3. The van der Waals surface area contributed by atoms with Crippen molar-refractivity contribution in [1.29, 1.82) is 0 Å². The van der Waals surface area contributed by atoms with Gasteiger partial charge in [-0.1, -0.05) is 13.0 Å². The third-order valence-electron chi connectivity index (χ3n) is 2.90. The molecule has 4 nitrogen and oxygen atoms in total. The lowest BCUT2D eigenvalue weighted by atomic mass is 10.2. The maximum absolute atomic E-state index is 9.90. The molecule has 0 aliphatic carbocycles. The standard InChI is InChI=1S/C13H19N3O/c1-3-6-16-11-5-4-9(2)7-10(11)15-13(16)12(17)8-14/h4-5,7,12,17H,3,6,8,14H2,1-2H3. The van der Waals surface area contributed by atoms with Crippen LogP contribution in [0.25, 0.3) is 11.0 Å². The van der Waals surface area contributed by atoms with Crippen LogP contribution in [0.1, 0.15) is 30.8 Å². The number of aliphatic hydroxyl groups excluding tert-OH is 1. The molecule has 0 aliphatic rings. The van der Waals surface area contributed by atoms with E-state index in [9.17, 15) is 5.11 Å². The van der Waals surface area contributed by atoms with E-state index in [-0.39, 0.29) is 6.54 Å². The van der Waals surface area contributed by atoms with Crippen molar-refractivity contribution in [3.05, 3.63) is 29.6 Å². The monoisotopic (exact) mass is 233 g/mol. The Morgan fingerprint density at radius 3 is 2.88 bits per heavy atom. The number of rotatable bonds is 4. The van der Waals surface area contributed by atoms with Crippen LogP contribution in [0.4, 0.5) is 0 Å². The lowest BCUT2D eigenvalue weighted by molar-refractivity contribution is 0.172. The minimum atomic E-state index is -0.686. The van der Waals surface area contributed by atoms with Crippen LogP contribution in [0.3, 0.4) is 0 Å². The average Bonchev–Trinajstić information content (AvgIpc) is 2.67. The number of nitrogens with zero attached hydrogens (tertiary/aromatic N) is 2. The molecule has 0 saturated carbocycles. The maximum atomic E-state index is 9.90. The number of fused-ring (bicyclic) bond motifs is 1. The molecule has 1 aromatic carbocycles. The second kappa shape index (κ2) is 4.85. The number of benzene rings is 1. The van der Waals surface area contributed by atoms with Crippen molar-refractivity contribution in [2.45, 2.75) is 32.9 Å². The Morgan fingerprint density at radius 1 is 1.47 bits per heavy atom.